The third-order valence-electron chi connectivity index (χ3n) is 4.88. The summed E-state index contributed by atoms with van der Waals surface area (Å²) in [4.78, 5) is 17.3. The number of methoxy groups -OCH3 is 1. The quantitative estimate of drug-likeness (QED) is 0.695. The van der Waals surface area contributed by atoms with E-state index in [4.69, 9.17) is 9.47 Å². The largest absolute Gasteiger partial charge is 0.383 e. The SMILES string of the molecule is COCCn1cnc(-c2cc(C(=O)NC[C@H]3CCCO3)c3ccccn23)c1. The van der Waals surface area contributed by atoms with Gasteiger partial charge in [-0.15, -0.1) is 0 Å². The summed E-state index contributed by atoms with van der Waals surface area (Å²) < 4.78 is 14.7. The van der Waals surface area contributed by atoms with Crippen molar-refractivity contribution in [2.75, 3.05) is 26.9 Å². The number of aromatic nitrogens is 3. The highest BCUT2D eigenvalue weighted by atomic mass is 16.5. The van der Waals surface area contributed by atoms with Crippen molar-refractivity contribution in [3.05, 3.63) is 48.5 Å². The van der Waals surface area contributed by atoms with Gasteiger partial charge in [-0.25, -0.2) is 4.98 Å². The number of nitrogens with zero attached hydrogens (tertiary/aromatic N) is 3. The first kappa shape index (κ1) is 17.8. The summed E-state index contributed by atoms with van der Waals surface area (Å²) in [5.74, 6) is -0.0840. The molecule has 1 atom stereocenters. The van der Waals surface area contributed by atoms with Crippen molar-refractivity contribution < 1.29 is 14.3 Å². The fourth-order valence-electron chi connectivity index (χ4n) is 3.45. The summed E-state index contributed by atoms with van der Waals surface area (Å²) in [7, 11) is 1.68. The topological polar surface area (TPSA) is 69.8 Å². The van der Waals surface area contributed by atoms with Gasteiger partial charge in [0.15, 0.2) is 0 Å². The Balaban J connectivity index is 1.60. The minimum atomic E-state index is -0.0840. The molecule has 0 bridgehead atoms. The first-order valence-electron chi connectivity index (χ1n) is 9.27. The molecule has 1 amide bonds. The van der Waals surface area contributed by atoms with Gasteiger partial charge in [0.1, 0.15) is 5.69 Å². The predicted octanol–water partition coefficient (Wildman–Crippen LogP) is 2.36. The molecule has 0 radical (unpaired) electrons. The van der Waals surface area contributed by atoms with E-state index >= 15 is 0 Å². The minimum absolute atomic E-state index is 0.0840. The van der Waals surface area contributed by atoms with Crippen LogP contribution < -0.4 is 5.32 Å². The number of carbonyl (C=O) groups excluding carboxylic acids is 1. The molecule has 3 aromatic rings. The van der Waals surface area contributed by atoms with Crippen LogP contribution in [0.4, 0.5) is 0 Å². The van der Waals surface area contributed by atoms with Crippen LogP contribution in [0.15, 0.2) is 43.0 Å². The molecule has 0 unspecified atom stereocenters. The molecule has 1 aliphatic heterocycles. The molecule has 7 nitrogen and oxygen atoms in total. The molecule has 0 aromatic carbocycles. The average molecular weight is 368 g/mol. The maximum Gasteiger partial charge on any atom is 0.253 e. The second kappa shape index (κ2) is 7.94. The summed E-state index contributed by atoms with van der Waals surface area (Å²) in [6.07, 6.45) is 7.90. The van der Waals surface area contributed by atoms with Crippen molar-refractivity contribution >= 4 is 11.4 Å². The van der Waals surface area contributed by atoms with E-state index in [1.54, 1.807) is 13.4 Å². The molecule has 4 heterocycles. The Morgan fingerprint density at radius 3 is 3.19 bits per heavy atom. The Kier molecular flexibility index (Phi) is 5.22. The van der Waals surface area contributed by atoms with Crippen molar-refractivity contribution in [3.63, 3.8) is 0 Å². The molecule has 1 saturated heterocycles. The number of pyridine rings is 1. The van der Waals surface area contributed by atoms with Crippen LogP contribution in [0.25, 0.3) is 16.9 Å². The van der Waals surface area contributed by atoms with Gasteiger partial charge < -0.3 is 23.8 Å². The molecular formula is C20H24N4O3. The smallest absolute Gasteiger partial charge is 0.253 e. The molecule has 0 aliphatic carbocycles. The zero-order valence-corrected chi connectivity index (χ0v) is 15.4. The van der Waals surface area contributed by atoms with Gasteiger partial charge in [-0.3, -0.25) is 4.79 Å². The number of hydrogen-bond donors (Lipinski definition) is 1. The standard InChI is InChI=1S/C20H24N4O3/c1-26-10-8-23-13-17(22-14-23)19-11-16(18-6-2-3-7-24(18)19)20(25)21-12-15-5-4-9-27-15/h2-3,6-7,11,13-15H,4-5,8-10,12H2,1H3,(H,21,25)/t15-/m1/s1. The van der Waals surface area contributed by atoms with E-state index in [0.717, 1.165) is 42.9 Å². The molecule has 4 rings (SSSR count). The number of hydrogen-bond acceptors (Lipinski definition) is 4. The van der Waals surface area contributed by atoms with Crippen LogP contribution in [-0.4, -0.2) is 52.8 Å². The summed E-state index contributed by atoms with van der Waals surface area (Å²) >= 11 is 0. The molecule has 0 saturated carbocycles. The number of carbonyl (C=O) groups is 1. The molecule has 1 aliphatic rings. The van der Waals surface area contributed by atoms with Crippen LogP contribution >= 0.6 is 0 Å². The zero-order valence-electron chi connectivity index (χ0n) is 15.4. The number of amides is 1. The first-order valence-corrected chi connectivity index (χ1v) is 9.27. The molecular weight excluding hydrogens is 344 g/mol. The van der Waals surface area contributed by atoms with E-state index < -0.39 is 0 Å². The molecule has 3 aromatic heterocycles. The van der Waals surface area contributed by atoms with Crippen molar-refractivity contribution in [1.82, 2.24) is 19.3 Å². The highest BCUT2D eigenvalue weighted by Crippen LogP contribution is 2.25. The summed E-state index contributed by atoms with van der Waals surface area (Å²) in [5, 5.41) is 3.01. The third-order valence-corrected chi connectivity index (χ3v) is 4.88. The van der Waals surface area contributed by atoms with E-state index in [0.29, 0.717) is 18.7 Å². The Hall–Kier alpha value is -2.64. The van der Waals surface area contributed by atoms with Gasteiger partial charge in [0.05, 0.1) is 35.8 Å². The first-order chi connectivity index (χ1) is 13.3. The molecule has 0 spiro atoms. The number of nitrogens with one attached hydrogen (secondary N) is 1. The van der Waals surface area contributed by atoms with Gasteiger partial charge in [0, 0.05) is 39.2 Å². The van der Waals surface area contributed by atoms with Gasteiger partial charge in [-0.1, -0.05) is 6.07 Å². The van der Waals surface area contributed by atoms with E-state index in [2.05, 4.69) is 10.3 Å². The maximum atomic E-state index is 12.8. The van der Waals surface area contributed by atoms with Crippen LogP contribution in [0.2, 0.25) is 0 Å². The second-order valence-corrected chi connectivity index (χ2v) is 6.73. The van der Waals surface area contributed by atoms with Crippen LogP contribution in [0.1, 0.15) is 23.2 Å². The lowest BCUT2D eigenvalue weighted by molar-refractivity contribution is 0.0859. The summed E-state index contributed by atoms with van der Waals surface area (Å²) in [5.41, 5.74) is 3.23. The van der Waals surface area contributed by atoms with Gasteiger partial charge in [0.25, 0.3) is 5.91 Å². The van der Waals surface area contributed by atoms with Crippen molar-refractivity contribution in [2.24, 2.45) is 0 Å². The number of ether oxygens (including phenoxy) is 2. The summed E-state index contributed by atoms with van der Waals surface area (Å²) in [6, 6.07) is 7.75. The Labute approximate surface area is 157 Å². The lowest BCUT2D eigenvalue weighted by Crippen LogP contribution is -2.31. The zero-order chi connectivity index (χ0) is 18.6. The fraction of sp³-hybridized carbons (Fsp3) is 0.400. The Morgan fingerprint density at radius 2 is 2.37 bits per heavy atom. The molecule has 27 heavy (non-hydrogen) atoms. The molecule has 7 heteroatoms. The normalized spacial score (nSPS) is 16.9. The van der Waals surface area contributed by atoms with E-state index in [9.17, 15) is 4.79 Å². The summed E-state index contributed by atoms with van der Waals surface area (Å²) in [6.45, 7) is 2.69. The second-order valence-electron chi connectivity index (χ2n) is 6.73. The van der Waals surface area contributed by atoms with Gasteiger partial charge >= 0.3 is 0 Å². The van der Waals surface area contributed by atoms with Crippen molar-refractivity contribution in [3.8, 4) is 11.4 Å². The van der Waals surface area contributed by atoms with E-state index in [1.165, 1.54) is 0 Å². The minimum Gasteiger partial charge on any atom is -0.383 e. The van der Waals surface area contributed by atoms with Crippen molar-refractivity contribution in [1.29, 1.82) is 0 Å². The Morgan fingerprint density at radius 1 is 1.44 bits per heavy atom. The lowest BCUT2D eigenvalue weighted by atomic mass is 10.2. The number of imidazole rings is 1. The monoisotopic (exact) mass is 368 g/mol. The molecule has 1 N–H and O–H groups in total. The molecule has 1 fully saturated rings. The van der Waals surface area contributed by atoms with Gasteiger partial charge in [-0.05, 0) is 31.0 Å². The maximum absolute atomic E-state index is 12.8. The van der Waals surface area contributed by atoms with Crippen LogP contribution in [0.3, 0.4) is 0 Å². The average Bonchev–Trinajstić information content (AvgIpc) is 3.43. The Bertz CT molecular complexity index is 924. The third kappa shape index (κ3) is 3.74. The van der Waals surface area contributed by atoms with Crippen LogP contribution in [-0.2, 0) is 16.0 Å². The predicted molar refractivity (Wildman–Crippen MR) is 102 cm³/mol. The van der Waals surface area contributed by atoms with Crippen LogP contribution in [0, 0.1) is 0 Å². The van der Waals surface area contributed by atoms with Gasteiger partial charge in [-0.2, -0.15) is 0 Å². The van der Waals surface area contributed by atoms with E-state index in [-0.39, 0.29) is 12.0 Å². The van der Waals surface area contributed by atoms with Gasteiger partial charge in [0.2, 0.25) is 0 Å². The molecule has 142 valence electrons. The highest BCUT2D eigenvalue weighted by Gasteiger charge is 2.20. The highest BCUT2D eigenvalue weighted by molar-refractivity contribution is 6.02. The van der Waals surface area contributed by atoms with Crippen LogP contribution in [0.5, 0.6) is 0 Å². The fourth-order valence-corrected chi connectivity index (χ4v) is 3.45. The number of rotatable bonds is 7. The van der Waals surface area contributed by atoms with Crippen molar-refractivity contribution in [2.45, 2.75) is 25.5 Å². The van der Waals surface area contributed by atoms with E-state index in [1.807, 2.05) is 45.6 Å². The lowest BCUT2D eigenvalue weighted by Gasteiger charge is -2.10. The number of fused-ring (bicyclic) bond motifs is 1.